The average Bonchev–Trinajstić information content (AvgIpc) is 2.28. The molecular weight excluding hydrogens is 182 g/mol. The number of para-hydroxylation sites is 1. The maximum Gasteiger partial charge on any atom is 0.0444 e. The molecule has 0 aromatic heterocycles. The van der Waals surface area contributed by atoms with E-state index in [9.17, 15) is 0 Å². The molecule has 0 aliphatic carbocycles. The molecule has 15 heavy (non-hydrogen) atoms. The summed E-state index contributed by atoms with van der Waals surface area (Å²) in [5.74, 6) is 0. The smallest absolute Gasteiger partial charge is 0.0444 e. The van der Waals surface area contributed by atoms with Crippen molar-refractivity contribution < 1.29 is 0 Å². The predicted octanol–water partition coefficient (Wildman–Crippen LogP) is 4.23. The zero-order chi connectivity index (χ0) is 10.9. The molecule has 0 saturated heterocycles. The van der Waals surface area contributed by atoms with Crippen molar-refractivity contribution in [2.45, 2.75) is 39.2 Å². The van der Waals surface area contributed by atoms with Crippen molar-refractivity contribution in [2.75, 3.05) is 5.32 Å². The SMILES string of the molecule is C/C=C/C(CCCC)Nc1ccccc1. The molecule has 82 valence electrons. The molecule has 0 aliphatic heterocycles. The average molecular weight is 203 g/mol. The van der Waals surface area contributed by atoms with Crippen LogP contribution in [0.2, 0.25) is 0 Å². The van der Waals surface area contributed by atoms with Crippen LogP contribution in [0.15, 0.2) is 42.5 Å². The molecule has 1 N–H and O–H groups in total. The first-order chi connectivity index (χ1) is 7.36. The molecule has 1 heteroatoms. The largest absolute Gasteiger partial charge is 0.379 e. The normalized spacial score (nSPS) is 12.9. The lowest BCUT2D eigenvalue weighted by Crippen LogP contribution is -2.16. The molecule has 0 amide bonds. The molecule has 1 unspecified atom stereocenters. The summed E-state index contributed by atoms with van der Waals surface area (Å²) in [4.78, 5) is 0. The molecule has 0 saturated carbocycles. The van der Waals surface area contributed by atoms with Gasteiger partial charge in [-0.1, -0.05) is 50.1 Å². The van der Waals surface area contributed by atoms with Crippen molar-refractivity contribution in [1.29, 1.82) is 0 Å². The third-order valence-electron chi connectivity index (χ3n) is 2.42. The van der Waals surface area contributed by atoms with Gasteiger partial charge in [0.15, 0.2) is 0 Å². The van der Waals surface area contributed by atoms with Gasteiger partial charge in [0, 0.05) is 11.7 Å². The predicted molar refractivity (Wildman–Crippen MR) is 68.2 cm³/mol. The highest BCUT2D eigenvalue weighted by Crippen LogP contribution is 2.11. The maximum atomic E-state index is 3.53. The monoisotopic (exact) mass is 203 g/mol. The number of nitrogens with one attached hydrogen (secondary N) is 1. The molecule has 1 aromatic rings. The molecule has 1 aromatic carbocycles. The van der Waals surface area contributed by atoms with Crippen molar-refractivity contribution in [1.82, 2.24) is 0 Å². The highest BCUT2D eigenvalue weighted by Gasteiger charge is 2.02. The molecule has 0 spiro atoms. The Bertz CT molecular complexity index is 277. The molecule has 0 fully saturated rings. The third-order valence-corrected chi connectivity index (χ3v) is 2.42. The Kier molecular flexibility index (Phi) is 5.60. The van der Waals surface area contributed by atoms with Gasteiger partial charge in [-0.3, -0.25) is 0 Å². The van der Waals surface area contributed by atoms with E-state index < -0.39 is 0 Å². The molecule has 0 bridgehead atoms. The third kappa shape index (κ3) is 4.68. The van der Waals surface area contributed by atoms with E-state index >= 15 is 0 Å². The van der Waals surface area contributed by atoms with Gasteiger partial charge in [0.1, 0.15) is 0 Å². The quantitative estimate of drug-likeness (QED) is 0.682. The van der Waals surface area contributed by atoms with E-state index in [1.165, 1.54) is 24.9 Å². The summed E-state index contributed by atoms with van der Waals surface area (Å²) in [5.41, 5.74) is 1.21. The lowest BCUT2D eigenvalue weighted by atomic mass is 10.1. The number of allylic oxidation sites excluding steroid dienone is 1. The van der Waals surface area contributed by atoms with Gasteiger partial charge in [-0.2, -0.15) is 0 Å². The van der Waals surface area contributed by atoms with Gasteiger partial charge in [-0.25, -0.2) is 0 Å². The van der Waals surface area contributed by atoms with E-state index in [4.69, 9.17) is 0 Å². The zero-order valence-corrected chi connectivity index (χ0v) is 9.74. The fraction of sp³-hybridized carbons (Fsp3) is 0.429. The Balaban J connectivity index is 2.50. The van der Waals surface area contributed by atoms with Gasteiger partial charge >= 0.3 is 0 Å². The standard InChI is InChI=1S/C14H21N/c1-3-5-10-13(9-4-2)15-14-11-7-6-8-12-14/h4,6-9,11-13,15H,3,5,10H2,1-2H3/b9-4+. The van der Waals surface area contributed by atoms with Crippen molar-refractivity contribution >= 4 is 5.69 Å². The van der Waals surface area contributed by atoms with Crippen LogP contribution < -0.4 is 5.32 Å². The second kappa shape index (κ2) is 7.10. The molecule has 0 heterocycles. The highest BCUT2D eigenvalue weighted by atomic mass is 14.9. The number of hydrogen-bond donors (Lipinski definition) is 1. The number of hydrogen-bond acceptors (Lipinski definition) is 1. The first-order valence-corrected chi connectivity index (χ1v) is 5.81. The van der Waals surface area contributed by atoms with Crippen molar-refractivity contribution in [3.05, 3.63) is 42.5 Å². The van der Waals surface area contributed by atoms with Gasteiger partial charge in [-0.15, -0.1) is 0 Å². The van der Waals surface area contributed by atoms with Gasteiger partial charge in [0.2, 0.25) is 0 Å². The molecule has 1 atom stereocenters. The van der Waals surface area contributed by atoms with Crippen LogP contribution in [0.1, 0.15) is 33.1 Å². The summed E-state index contributed by atoms with van der Waals surface area (Å²) < 4.78 is 0. The Hall–Kier alpha value is -1.24. The minimum atomic E-state index is 0.470. The Morgan fingerprint density at radius 3 is 2.60 bits per heavy atom. The maximum absolute atomic E-state index is 3.53. The topological polar surface area (TPSA) is 12.0 Å². The fourth-order valence-corrected chi connectivity index (χ4v) is 1.62. The van der Waals surface area contributed by atoms with Gasteiger partial charge in [-0.05, 0) is 25.5 Å². The molecular formula is C14H21N. The van der Waals surface area contributed by atoms with Crippen LogP contribution in [0.4, 0.5) is 5.69 Å². The molecule has 1 nitrogen and oxygen atoms in total. The lowest BCUT2D eigenvalue weighted by Gasteiger charge is -2.15. The summed E-state index contributed by atoms with van der Waals surface area (Å²) in [7, 11) is 0. The summed E-state index contributed by atoms with van der Waals surface area (Å²) in [6.45, 7) is 4.31. The van der Waals surface area contributed by atoms with Crippen LogP contribution in [0.5, 0.6) is 0 Å². The summed E-state index contributed by atoms with van der Waals surface area (Å²) in [6, 6.07) is 10.9. The molecule has 0 aliphatic rings. The number of benzene rings is 1. The Morgan fingerprint density at radius 2 is 2.00 bits per heavy atom. The van der Waals surface area contributed by atoms with Crippen molar-refractivity contribution in [2.24, 2.45) is 0 Å². The second-order valence-corrected chi connectivity index (χ2v) is 3.78. The highest BCUT2D eigenvalue weighted by molar-refractivity contribution is 5.44. The van der Waals surface area contributed by atoms with E-state index in [0.29, 0.717) is 6.04 Å². The Labute approximate surface area is 93.2 Å². The zero-order valence-electron chi connectivity index (χ0n) is 9.74. The van der Waals surface area contributed by atoms with Crippen molar-refractivity contribution in [3.8, 4) is 0 Å². The van der Waals surface area contributed by atoms with E-state index in [1.807, 2.05) is 6.07 Å². The molecule has 0 radical (unpaired) electrons. The summed E-state index contributed by atoms with van der Waals surface area (Å²) >= 11 is 0. The van der Waals surface area contributed by atoms with Gasteiger partial charge in [0.05, 0.1) is 0 Å². The van der Waals surface area contributed by atoms with E-state index in [2.05, 4.69) is 55.6 Å². The van der Waals surface area contributed by atoms with Crippen LogP contribution in [-0.4, -0.2) is 6.04 Å². The van der Waals surface area contributed by atoms with Crippen LogP contribution >= 0.6 is 0 Å². The van der Waals surface area contributed by atoms with E-state index in [0.717, 1.165) is 0 Å². The summed E-state index contributed by atoms with van der Waals surface area (Å²) in [6.07, 6.45) is 8.09. The number of anilines is 1. The number of rotatable bonds is 6. The van der Waals surface area contributed by atoms with Crippen LogP contribution in [0.3, 0.4) is 0 Å². The van der Waals surface area contributed by atoms with Gasteiger partial charge in [0.25, 0.3) is 0 Å². The number of unbranched alkanes of at least 4 members (excludes halogenated alkanes) is 1. The van der Waals surface area contributed by atoms with Gasteiger partial charge < -0.3 is 5.32 Å². The van der Waals surface area contributed by atoms with E-state index in [1.54, 1.807) is 0 Å². The van der Waals surface area contributed by atoms with Crippen LogP contribution in [0, 0.1) is 0 Å². The second-order valence-electron chi connectivity index (χ2n) is 3.78. The fourth-order valence-electron chi connectivity index (χ4n) is 1.62. The van der Waals surface area contributed by atoms with E-state index in [-0.39, 0.29) is 0 Å². The minimum Gasteiger partial charge on any atom is -0.379 e. The Morgan fingerprint density at radius 1 is 1.27 bits per heavy atom. The molecule has 1 rings (SSSR count). The van der Waals surface area contributed by atoms with Crippen molar-refractivity contribution in [3.63, 3.8) is 0 Å². The van der Waals surface area contributed by atoms with Crippen LogP contribution in [-0.2, 0) is 0 Å². The first kappa shape index (κ1) is 11.8. The lowest BCUT2D eigenvalue weighted by molar-refractivity contribution is 0.680. The first-order valence-electron chi connectivity index (χ1n) is 5.81. The minimum absolute atomic E-state index is 0.470. The summed E-state index contributed by atoms with van der Waals surface area (Å²) in [5, 5.41) is 3.53. The van der Waals surface area contributed by atoms with Crippen LogP contribution in [0.25, 0.3) is 0 Å².